The zero-order valence-electron chi connectivity index (χ0n) is 8.02. The molecule has 0 spiro atoms. The Morgan fingerprint density at radius 3 is 2.24 bits per heavy atom. The zero-order chi connectivity index (χ0) is 12.6. The van der Waals surface area contributed by atoms with E-state index in [9.17, 15) is 4.39 Å². The molecule has 2 rings (SSSR count). The van der Waals surface area contributed by atoms with Crippen molar-refractivity contribution in [2.24, 2.45) is 0 Å². The van der Waals surface area contributed by atoms with E-state index in [4.69, 9.17) is 34.8 Å². The van der Waals surface area contributed by atoms with Gasteiger partial charge in [0.25, 0.3) is 0 Å². The van der Waals surface area contributed by atoms with E-state index in [-0.39, 0.29) is 26.7 Å². The molecule has 1 heterocycles. The lowest BCUT2D eigenvalue weighted by Crippen LogP contribution is -1.94. The van der Waals surface area contributed by atoms with E-state index < -0.39 is 5.82 Å². The molecule has 0 unspecified atom stereocenters. The van der Waals surface area contributed by atoms with Crippen LogP contribution in [0.15, 0.2) is 22.7 Å². The molecule has 0 aliphatic carbocycles. The Kier molecular flexibility index (Phi) is 3.88. The summed E-state index contributed by atoms with van der Waals surface area (Å²) < 4.78 is 14.1. The predicted molar refractivity (Wildman–Crippen MR) is 70.2 cm³/mol. The molecule has 17 heavy (non-hydrogen) atoms. The molecule has 1 aromatic carbocycles. The van der Waals surface area contributed by atoms with Crippen LogP contribution in [0.5, 0.6) is 0 Å². The van der Waals surface area contributed by atoms with Crippen molar-refractivity contribution in [3.8, 4) is 11.4 Å². The monoisotopic (exact) mass is 354 g/mol. The molecule has 0 fully saturated rings. The molecular weight excluding hydrogens is 353 g/mol. The van der Waals surface area contributed by atoms with Gasteiger partial charge in [0.15, 0.2) is 11.6 Å². The standard InChI is InChI=1S/C10H3BrCl3FN2/c11-6-8(13)16-10(17-9(6)14)4-2-1-3-5(12)7(4)15/h1-3H. The maximum absolute atomic E-state index is 13.7. The highest BCUT2D eigenvalue weighted by molar-refractivity contribution is 9.10. The van der Waals surface area contributed by atoms with Gasteiger partial charge >= 0.3 is 0 Å². The smallest absolute Gasteiger partial charge is 0.165 e. The topological polar surface area (TPSA) is 25.8 Å². The molecule has 0 saturated carbocycles. The van der Waals surface area contributed by atoms with Crippen LogP contribution in [0.4, 0.5) is 4.39 Å². The van der Waals surface area contributed by atoms with Gasteiger partial charge in [-0.1, -0.05) is 40.9 Å². The minimum absolute atomic E-state index is 0.0127. The van der Waals surface area contributed by atoms with Crippen molar-refractivity contribution in [2.45, 2.75) is 0 Å². The van der Waals surface area contributed by atoms with E-state index in [0.29, 0.717) is 4.47 Å². The van der Waals surface area contributed by atoms with E-state index >= 15 is 0 Å². The molecule has 1 aromatic heterocycles. The Morgan fingerprint density at radius 2 is 1.65 bits per heavy atom. The second-order valence-electron chi connectivity index (χ2n) is 3.04. The molecule has 0 radical (unpaired) electrons. The van der Waals surface area contributed by atoms with Crippen LogP contribution in [0, 0.1) is 5.82 Å². The van der Waals surface area contributed by atoms with Crippen LogP contribution in [0.1, 0.15) is 0 Å². The number of nitrogens with zero attached hydrogens (tertiary/aromatic N) is 2. The quantitative estimate of drug-likeness (QED) is 0.672. The third-order valence-corrected chi connectivity index (χ3v) is 4.01. The fourth-order valence-corrected chi connectivity index (χ4v) is 1.93. The number of rotatable bonds is 1. The van der Waals surface area contributed by atoms with Crippen molar-refractivity contribution in [1.29, 1.82) is 0 Å². The number of hydrogen-bond acceptors (Lipinski definition) is 2. The Labute approximate surface area is 120 Å². The summed E-state index contributed by atoms with van der Waals surface area (Å²) in [5.41, 5.74) is 0.147. The predicted octanol–water partition coefficient (Wildman–Crippen LogP) is 5.01. The number of hydrogen-bond donors (Lipinski definition) is 0. The second kappa shape index (κ2) is 5.06. The maximum Gasteiger partial charge on any atom is 0.165 e. The Bertz CT molecular complexity index is 569. The van der Waals surface area contributed by atoms with Gasteiger partial charge in [0, 0.05) is 0 Å². The van der Waals surface area contributed by atoms with Crippen LogP contribution >= 0.6 is 50.7 Å². The first-order valence-corrected chi connectivity index (χ1v) is 6.26. The molecule has 0 aliphatic heterocycles. The zero-order valence-corrected chi connectivity index (χ0v) is 11.9. The van der Waals surface area contributed by atoms with Crippen LogP contribution in [-0.4, -0.2) is 9.97 Å². The van der Waals surface area contributed by atoms with Crippen molar-refractivity contribution in [2.75, 3.05) is 0 Å². The average molecular weight is 356 g/mol. The SMILES string of the molecule is Fc1c(Cl)cccc1-c1nc(Cl)c(Br)c(Cl)n1. The second-order valence-corrected chi connectivity index (χ2v) is 4.96. The lowest BCUT2D eigenvalue weighted by molar-refractivity contribution is 0.630. The van der Waals surface area contributed by atoms with Gasteiger partial charge in [-0.2, -0.15) is 0 Å². The maximum atomic E-state index is 13.7. The summed E-state index contributed by atoms with van der Waals surface area (Å²) in [7, 11) is 0. The van der Waals surface area contributed by atoms with Gasteiger partial charge in [0.1, 0.15) is 10.3 Å². The van der Waals surface area contributed by atoms with E-state index in [0.717, 1.165) is 0 Å². The molecule has 0 saturated heterocycles. The Morgan fingerprint density at radius 1 is 1.06 bits per heavy atom. The van der Waals surface area contributed by atoms with Crippen molar-refractivity contribution in [1.82, 2.24) is 9.97 Å². The van der Waals surface area contributed by atoms with Crippen LogP contribution in [0.3, 0.4) is 0 Å². The summed E-state index contributed by atoms with van der Waals surface area (Å²) in [6.07, 6.45) is 0. The summed E-state index contributed by atoms with van der Waals surface area (Å²) in [5.74, 6) is -0.521. The molecular formula is C10H3BrCl3FN2. The Balaban J connectivity index is 2.65. The third kappa shape index (κ3) is 2.55. The largest absolute Gasteiger partial charge is 0.215 e. The van der Waals surface area contributed by atoms with Crippen LogP contribution in [0.2, 0.25) is 15.3 Å². The first-order chi connectivity index (χ1) is 8.00. The molecule has 0 N–H and O–H groups in total. The van der Waals surface area contributed by atoms with E-state index in [1.165, 1.54) is 12.1 Å². The molecule has 0 aliphatic rings. The summed E-state index contributed by atoms with van der Waals surface area (Å²) in [5, 5.41) is 0.208. The van der Waals surface area contributed by atoms with Gasteiger partial charge in [0.05, 0.1) is 15.1 Å². The van der Waals surface area contributed by atoms with Gasteiger partial charge in [-0.05, 0) is 28.1 Å². The summed E-state index contributed by atoms with van der Waals surface area (Å²) >= 11 is 20.4. The lowest BCUT2D eigenvalue weighted by Gasteiger charge is -2.05. The number of benzene rings is 1. The van der Waals surface area contributed by atoms with E-state index in [2.05, 4.69) is 25.9 Å². The Hall–Kier alpha value is -0.420. The number of halogens is 5. The summed E-state index contributed by atoms with van der Waals surface area (Å²) in [6, 6.07) is 4.52. The minimum atomic E-state index is -0.608. The van der Waals surface area contributed by atoms with Gasteiger partial charge in [0.2, 0.25) is 0 Å². The van der Waals surface area contributed by atoms with Crippen molar-refractivity contribution < 1.29 is 4.39 Å². The highest BCUT2D eigenvalue weighted by Crippen LogP contribution is 2.31. The van der Waals surface area contributed by atoms with Gasteiger partial charge in [-0.3, -0.25) is 0 Å². The van der Waals surface area contributed by atoms with E-state index in [1.807, 2.05) is 0 Å². The number of aromatic nitrogens is 2. The van der Waals surface area contributed by atoms with Gasteiger partial charge in [-0.25, -0.2) is 14.4 Å². The highest BCUT2D eigenvalue weighted by atomic mass is 79.9. The molecule has 0 amide bonds. The summed E-state index contributed by atoms with van der Waals surface area (Å²) in [4.78, 5) is 7.86. The molecule has 7 heteroatoms. The van der Waals surface area contributed by atoms with Crippen molar-refractivity contribution in [3.05, 3.63) is 43.8 Å². The fourth-order valence-electron chi connectivity index (χ4n) is 1.19. The van der Waals surface area contributed by atoms with Crippen LogP contribution < -0.4 is 0 Å². The normalized spacial score (nSPS) is 10.6. The third-order valence-electron chi connectivity index (χ3n) is 1.96. The lowest BCUT2D eigenvalue weighted by atomic mass is 10.2. The molecule has 0 bridgehead atoms. The fraction of sp³-hybridized carbons (Fsp3) is 0. The minimum Gasteiger partial charge on any atom is -0.215 e. The highest BCUT2D eigenvalue weighted by Gasteiger charge is 2.15. The molecule has 88 valence electrons. The average Bonchev–Trinajstić information content (AvgIpc) is 2.29. The van der Waals surface area contributed by atoms with Crippen LogP contribution in [-0.2, 0) is 0 Å². The molecule has 0 atom stereocenters. The first-order valence-electron chi connectivity index (χ1n) is 4.33. The molecule has 2 nitrogen and oxygen atoms in total. The van der Waals surface area contributed by atoms with Crippen molar-refractivity contribution >= 4 is 50.7 Å². The molecule has 2 aromatic rings. The van der Waals surface area contributed by atoms with Crippen LogP contribution in [0.25, 0.3) is 11.4 Å². The van der Waals surface area contributed by atoms with E-state index in [1.54, 1.807) is 6.07 Å². The van der Waals surface area contributed by atoms with Gasteiger partial charge < -0.3 is 0 Å². The summed E-state index contributed by atoms with van der Waals surface area (Å²) in [6.45, 7) is 0. The van der Waals surface area contributed by atoms with Gasteiger partial charge in [-0.15, -0.1) is 0 Å². The van der Waals surface area contributed by atoms with Crippen molar-refractivity contribution in [3.63, 3.8) is 0 Å². The first kappa shape index (κ1) is 13.0.